The highest BCUT2D eigenvalue weighted by Gasteiger charge is 2.62. The Balaban J connectivity index is 1.45. The molecule has 1 aliphatic heterocycles. The van der Waals surface area contributed by atoms with E-state index < -0.39 is 11.9 Å². The molecule has 1 N–H and O–H groups in total. The minimum absolute atomic E-state index is 0.188. The number of rotatable bonds is 5. The molecule has 2 aromatic rings. The van der Waals surface area contributed by atoms with Crippen molar-refractivity contribution in [2.45, 2.75) is 31.7 Å². The van der Waals surface area contributed by atoms with Gasteiger partial charge in [0.25, 0.3) is 0 Å². The van der Waals surface area contributed by atoms with Crippen LogP contribution in [0.5, 0.6) is 0 Å². The SMILES string of the molecule is O=C(Nc1ccc(Cl)c(Cl)c1)[C@H](Cc1ccccc1)N1C(=O)[C@H]2[C@H]3CC[C@@H](C3)[C@@H]2C1=O. The standard InChI is InChI=1S/C24H22Cl2N2O3/c25-17-9-8-16(12-18(17)26)27-22(29)19(10-13-4-2-1-3-5-13)28-23(30)20-14-6-7-15(11-14)21(20)24(28)31/h1-5,8-9,12,14-15,19-21H,6-7,10-11H2,(H,27,29)/t14-,15-,19-,20-,21-/m0/s1. The van der Waals surface area contributed by atoms with Crippen molar-refractivity contribution < 1.29 is 14.4 Å². The van der Waals surface area contributed by atoms with E-state index in [9.17, 15) is 14.4 Å². The number of amides is 3. The van der Waals surface area contributed by atoms with Gasteiger partial charge in [-0.05, 0) is 54.9 Å². The van der Waals surface area contributed by atoms with Gasteiger partial charge in [-0.15, -0.1) is 0 Å². The number of carbonyl (C=O) groups excluding carboxylic acids is 3. The molecule has 31 heavy (non-hydrogen) atoms. The summed E-state index contributed by atoms with van der Waals surface area (Å²) in [4.78, 5) is 41.3. The number of anilines is 1. The Morgan fingerprint density at radius 3 is 2.23 bits per heavy atom. The van der Waals surface area contributed by atoms with Gasteiger partial charge in [-0.25, -0.2) is 0 Å². The Bertz CT molecular complexity index is 1030. The van der Waals surface area contributed by atoms with Crippen LogP contribution >= 0.6 is 23.2 Å². The maximum atomic E-state index is 13.4. The van der Waals surface area contributed by atoms with Crippen molar-refractivity contribution in [2.75, 3.05) is 5.32 Å². The van der Waals surface area contributed by atoms with Crippen LogP contribution < -0.4 is 5.32 Å². The quantitative estimate of drug-likeness (QED) is 0.669. The molecule has 0 aromatic heterocycles. The molecule has 2 aromatic carbocycles. The molecule has 0 unspecified atom stereocenters. The second-order valence-corrected chi connectivity index (χ2v) is 9.57. The van der Waals surface area contributed by atoms with E-state index in [-0.39, 0.29) is 41.9 Å². The topological polar surface area (TPSA) is 66.5 Å². The number of hydrogen-bond donors (Lipinski definition) is 1. The van der Waals surface area contributed by atoms with Crippen LogP contribution in [-0.2, 0) is 20.8 Å². The zero-order valence-corrected chi connectivity index (χ0v) is 18.3. The predicted molar refractivity (Wildman–Crippen MR) is 119 cm³/mol. The smallest absolute Gasteiger partial charge is 0.248 e. The van der Waals surface area contributed by atoms with Crippen LogP contribution in [0, 0.1) is 23.7 Å². The van der Waals surface area contributed by atoms with E-state index >= 15 is 0 Å². The molecule has 0 radical (unpaired) electrons. The summed E-state index contributed by atoms with van der Waals surface area (Å²) in [6.45, 7) is 0. The lowest BCUT2D eigenvalue weighted by Crippen LogP contribution is -2.49. The van der Waals surface area contributed by atoms with Crippen molar-refractivity contribution in [3.8, 4) is 0 Å². The normalized spacial score (nSPS) is 27.5. The van der Waals surface area contributed by atoms with Gasteiger partial charge < -0.3 is 5.32 Å². The molecule has 5 rings (SSSR count). The van der Waals surface area contributed by atoms with Crippen molar-refractivity contribution in [1.82, 2.24) is 4.90 Å². The lowest BCUT2D eigenvalue weighted by atomic mass is 9.81. The maximum Gasteiger partial charge on any atom is 0.248 e. The molecule has 0 spiro atoms. The fourth-order valence-electron chi connectivity index (χ4n) is 5.68. The van der Waals surface area contributed by atoms with Gasteiger partial charge in [-0.3, -0.25) is 19.3 Å². The summed E-state index contributed by atoms with van der Waals surface area (Å²) >= 11 is 12.1. The third-order valence-corrected chi connectivity index (χ3v) is 7.77. The number of halogens is 2. The molecule has 3 fully saturated rings. The summed E-state index contributed by atoms with van der Waals surface area (Å²) < 4.78 is 0. The highest BCUT2D eigenvalue weighted by molar-refractivity contribution is 6.42. The molecule has 7 heteroatoms. The van der Waals surface area contributed by atoms with Crippen molar-refractivity contribution in [2.24, 2.45) is 23.7 Å². The van der Waals surface area contributed by atoms with Crippen LogP contribution in [-0.4, -0.2) is 28.7 Å². The molecule has 2 bridgehead atoms. The Morgan fingerprint density at radius 1 is 0.968 bits per heavy atom. The molecule has 3 aliphatic rings. The summed E-state index contributed by atoms with van der Waals surface area (Å²) in [5.74, 6) is -0.764. The fourth-order valence-corrected chi connectivity index (χ4v) is 5.98. The first kappa shape index (κ1) is 20.5. The number of nitrogens with one attached hydrogen (secondary N) is 1. The van der Waals surface area contributed by atoms with E-state index in [1.807, 2.05) is 30.3 Å². The Morgan fingerprint density at radius 2 is 1.61 bits per heavy atom. The third kappa shape index (κ3) is 3.54. The van der Waals surface area contributed by atoms with Gasteiger partial charge in [-0.1, -0.05) is 53.5 Å². The van der Waals surface area contributed by atoms with Crippen molar-refractivity contribution >= 4 is 46.6 Å². The van der Waals surface area contributed by atoms with Gasteiger partial charge >= 0.3 is 0 Å². The van der Waals surface area contributed by atoms with Crippen LogP contribution in [0.2, 0.25) is 10.0 Å². The van der Waals surface area contributed by atoms with E-state index in [1.165, 1.54) is 4.90 Å². The average Bonchev–Trinajstić information content (AvgIpc) is 3.44. The number of hydrogen-bond acceptors (Lipinski definition) is 3. The van der Waals surface area contributed by atoms with Gasteiger partial charge in [0.2, 0.25) is 17.7 Å². The zero-order valence-electron chi connectivity index (χ0n) is 16.8. The highest BCUT2D eigenvalue weighted by Crippen LogP contribution is 2.56. The second-order valence-electron chi connectivity index (χ2n) is 8.75. The van der Waals surface area contributed by atoms with Gasteiger partial charge in [0, 0.05) is 12.1 Å². The summed E-state index contributed by atoms with van der Waals surface area (Å²) in [5, 5.41) is 3.53. The van der Waals surface area contributed by atoms with E-state index in [2.05, 4.69) is 5.32 Å². The summed E-state index contributed by atoms with van der Waals surface area (Å²) in [6.07, 6.45) is 3.22. The van der Waals surface area contributed by atoms with Crippen molar-refractivity contribution in [1.29, 1.82) is 0 Å². The van der Waals surface area contributed by atoms with E-state index in [0.717, 1.165) is 24.8 Å². The Kier molecular flexibility index (Phi) is 5.27. The van der Waals surface area contributed by atoms with E-state index in [0.29, 0.717) is 15.7 Å². The molecule has 2 aliphatic carbocycles. The number of likely N-dealkylation sites (tertiary alicyclic amines) is 1. The minimum atomic E-state index is -0.915. The molecule has 1 saturated heterocycles. The Labute approximate surface area is 190 Å². The van der Waals surface area contributed by atoms with E-state index in [4.69, 9.17) is 23.2 Å². The third-order valence-electron chi connectivity index (χ3n) is 7.03. The molecular weight excluding hydrogens is 435 g/mol. The first-order valence-corrected chi connectivity index (χ1v) is 11.4. The predicted octanol–water partition coefficient (Wildman–Crippen LogP) is 4.57. The second kappa shape index (κ2) is 7.95. The Hall–Kier alpha value is -2.37. The van der Waals surface area contributed by atoms with Crippen LogP contribution in [0.3, 0.4) is 0 Å². The monoisotopic (exact) mass is 456 g/mol. The minimum Gasteiger partial charge on any atom is -0.324 e. The van der Waals surface area contributed by atoms with E-state index in [1.54, 1.807) is 18.2 Å². The fraction of sp³-hybridized carbons (Fsp3) is 0.375. The number of nitrogens with zero attached hydrogens (tertiary/aromatic N) is 1. The lowest BCUT2D eigenvalue weighted by Gasteiger charge is -2.27. The highest BCUT2D eigenvalue weighted by atomic mass is 35.5. The maximum absolute atomic E-state index is 13.4. The van der Waals surface area contributed by atoms with Crippen molar-refractivity contribution in [3.05, 3.63) is 64.1 Å². The van der Waals surface area contributed by atoms with Gasteiger partial charge in [-0.2, -0.15) is 0 Å². The van der Waals surface area contributed by atoms with Crippen LogP contribution in [0.4, 0.5) is 5.69 Å². The molecule has 160 valence electrons. The zero-order chi connectivity index (χ0) is 21.7. The molecule has 3 amide bonds. The lowest BCUT2D eigenvalue weighted by molar-refractivity contribution is -0.147. The summed E-state index contributed by atoms with van der Waals surface area (Å²) in [6, 6.07) is 13.3. The molecule has 1 heterocycles. The van der Waals surface area contributed by atoms with Gasteiger partial charge in [0.1, 0.15) is 6.04 Å². The average molecular weight is 457 g/mol. The van der Waals surface area contributed by atoms with Crippen LogP contribution in [0.1, 0.15) is 24.8 Å². The number of benzene rings is 2. The molecule has 5 atom stereocenters. The van der Waals surface area contributed by atoms with Crippen LogP contribution in [0.15, 0.2) is 48.5 Å². The van der Waals surface area contributed by atoms with Gasteiger partial charge in [0.15, 0.2) is 0 Å². The molecule has 5 nitrogen and oxygen atoms in total. The van der Waals surface area contributed by atoms with Gasteiger partial charge in [0.05, 0.1) is 21.9 Å². The summed E-state index contributed by atoms with van der Waals surface area (Å²) in [5.41, 5.74) is 1.36. The first-order chi connectivity index (χ1) is 14.9. The largest absolute Gasteiger partial charge is 0.324 e. The number of imide groups is 1. The summed E-state index contributed by atoms with van der Waals surface area (Å²) in [7, 11) is 0. The first-order valence-electron chi connectivity index (χ1n) is 10.6. The number of fused-ring (bicyclic) bond motifs is 5. The number of carbonyl (C=O) groups is 3. The molecule has 2 saturated carbocycles. The van der Waals surface area contributed by atoms with Crippen LogP contribution in [0.25, 0.3) is 0 Å². The molecular formula is C24H22Cl2N2O3. The van der Waals surface area contributed by atoms with Crippen molar-refractivity contribution in [3.63, 3.8) is 0 Å².